The summed E-state index contributed by atoms with van der Waals surface area (Å²) < 4.78 is 6.80. The highest BCUT2D eigenvalue weighted by Crippen LogP contribution is 2.26. The Morgan fingerprint density at radius 2 is 1.82 bits per heavy atom. The van der Waals surface area contributed by atoms with Gasteiger partial charge in [-0.2, -0.15) is 5.10 Å². The minimum Gasteiger partial charge on any atom is -0.367 e. The van der Waals surface area contributed by atoms with Crippen molar-refractivity contribution < 1.29 is 4.52 Å². The molecule has 10 nitrogen and oxygen atoms in total. The van der Waals surface area contributed by atoms with Crippen molar-refractivity contribution in [3.05, 3.63) is 75.6 Å². The monoisotopic (exact) mass is 478 g/mol. The molecule has 0 aromatic carbocycles. The predicted molar refractivity (Wildman–Crippen MR) is 128 cm³/mol. The fourth-order valence-electron chi connectivity index (χ4n) is 4.09. The number of hydrogen-bond donors (Lipinski definition) is 0. The number of rotatable bonds is 5. The quantitative estimate of drug-likeness (QED) is 0.400. The van der Waals surface area contributed by atoms with E-state index in [0.29, 0.717) is 16.6 Å². The smallest absolute Gasteiger partial charge is 0.269 e. The van der Waals surface area contributed by atoms with E-state index >= 15 is 0 Å². The van der Waals surface area contributed by atoms with E-state index < -0.39 is 0 Å². The fourth-order valence-corrected chi connectivity index (χ4v) is 4.20. The Morgan fingerprint density at radius 1 is 1.03 bits per heavy atom. The van der Waals surface area contributed by atoms with Gasteiger partial charge in [-0.1, -0.05) is 16.8 Å². The lowest BCUT2D eigenvalue weighted by atomic mass is 10.1. The van der Waals surface area contributed by atoms with Gasteiger partial charge in [0.05, 0.1) is 36.0 Å². The van der Waals surface area contributed by atoms with Gasteiger partial charge in [-0.25, -0.2) is 19.6 Å². The summed E-state index contributed by atoms with van der Waals surface area (Å²) in [6, 6.07) is 5.14. The molecule has 0 amide bonds. The maximum Gasteiger partial charge on any atom is 0.269 e. The van der Waals surface area contributed by atoms with Crippen LogP contribution in [-0.4, -0.2) is 56.1 Å². The topological polar surface area (TPSA) is 106 Å². The molecule has 0 radical (unpaired) electrons. The first-order valence-corrected chi connectivity index (χ1v) is 11.3. The summed E-state index contributed by atoms with van der Waals surface area (Å²) in [5.74, 6) is 0.624. The third-order valence-electron chi connectivity index (χ3n) is 6.02. The molecule has 1 fully saturated rings. The summed E-state index contributed by atoms with van der Waals surface area (Å²) in [5.41, 5.74) is 4.80. The lowest BCUT2D eigenvalue weighted by Gasteiger charge is -2.37. The maximum atomic E-state index is 12.9. The molecule has 174 valence electrons. The van der Waals surface area contributed by atoms with Gasteiger partial charge in [-0.15, -0.1) is 0 Å². The van der Waals surface area contributed by atoms with Crippen molar-refractivity contribution in [1.82, 2.24) is 29.9 Å². The summed E-state index contributed by atoms with van der Waals surface area (Å²) in [5, 5.41) is 8.98. The largest absolute Gasteiger partial charge is 0.367 e. The molecule has 1 saturated heterocycles. The molecule has 0 N–H and O–H groups in total. The lowest BCUT2D eigenvalue weighted by molar-refractivity contribution is 0.397. The molecule has 5 heterocycles. The zero-order valence-electron chi connectivity index (χ0n) is 18.8. The fraction of sp³-hybridized carbons (Fsp3) is 0.304. The summed E-state index contributed by atoms with van der Waals surface area (Å²) in [4.78, 5) is 29.9. The van der Waals surface area contributed by atoms with Gasteiger partial charge in [-0.05, 0) is 26.0 Å². The van der Waals surface area contributed by atoms with Crippen molar-refractivity contribution in [3.8, 4) is 11.3 Å². The Morgan fingerprint density at radius 3 is 2.53 bits per heavy atom. The molecule has 1 aliphatic heterocycles. The van der Waals surface area contributed by atoms with Crippen molar-refractivity contribution in [3.63, 3.8) is 0 Å². The third-order valence-corrected chi connectivity index (χ3v) is 6.24. The summed E-state index contributed by atoms with van der Waals surface area (Å²) in [6.45, 7) is 7.22. The molecule has 11 heteroatoms. The van der Waals surface area contributed by atoms with Crippen LogP contribution in [0.1, 0.15) is 17.0 Å². The Hall–Kier alpha value is -3.79. The SMILES string of the molecule is Cc1ncncc1N1CCN(c2cnn(Cc3c(-c4ccc(Cl)nc4)noc3C)c(=O)c2)CC1. The van der Waals surface area contributed by atoms with Crippen molar-refractivity contribution in [2.24, 2.45) is 0 Å². The molecule has 0 spiro atoms. The molecule has 4 aromatic heterocycles. The van der Waals surface area contributed by atoms with E-state index in [4.69, 9.17) is 16.1 Å². The zero-order chi connectivity index (χ0) is 23.7. The van der Waals surface area contributed by atoms with Gasteiger partial charge in [0, 0.05) is 49.6 Å². The highest BCUT2D eigenvalue weighted by atomic mass is 35.5. The van der Waals surface area contributed by atoms with Gasteiger partial charge in [0.2, 0.25) is 0 Å². The van der Waals surface area contributed by atoms with Crippen molar-refractivity contribution in [2.75, 3.05) is 36.0 Å². The average molecular weight is 479 g/mol. The number of hydrogen-bond acceptors (Lipinski definition) is 9. The van der Waals surface area contributed by atoms with E-state index in [0.717, 1.165) is 54.4 Å². The number of anilines is 2. The summed E-state index contributed by atoms with van der Waals surface area (Å²) in [6.07, 6.45) is 6.78. The number of pyridine rings is 1. The standard InChI is InChI=1S/C23H23ClN8O2/c1-15-20(12-25-14-27-15)31-7-5-30(6-8-31)18-9-22(33)32(28-11-18)13-19-16(2)34-29-23(19)17-3-4-21(24)26-10-17/h3-4,9-12,14H,5-8,13H2,1-2H3. The molecule has 5 rings (SSSR count). The van der Waals surface area contributed by atoms with Gasteiger partial charge in [0.25, 0.3) is 5.56 Å². The number of piperazine rings is 1. The number of nitrogens with zero attached hydrogens (tertiary/aromatic N) is 8. The van der Waals surface area contributed by atoms with Gasteiger partial charge in [-0.3, -0.25) is 4.79 Å². The molecule has 0 aliphatic carbocycles. The molecular formula is C23H23ClN8O2. The second-order valence-electron chi connectivity index (χ2n) is 8.11. The molecule has 4 aromatic rings. The van der Waals surface area contributed by atoms with Crippen LogP contribution >= 0.6 is 11.6 Å². The van der Waals surface area contributed by atoms with E-state index in [9.17, 15) is 4.79 Å². The number of aryl methyl sites for hydroxylation is 2. The van der Waals surface area contributed by atoms with Crippen molar-refractivity contribution in [2.45, 2.75) is 20.4 Å². The number of aromatic nitrogens is 6. The predicted octanol–water partition coefficient (Wildman–Crippen LogP) is 2.73. The Balaban J connectivity index is 1.31. The van der Waals surface area contributed by atoms with Crippen LogP contribution in [0, 0.1) is 13.8 Å². The average Bonchev–Trinajstić information content (AvgIpc) is 3.21. The normalized spacial score (nSPS) is 14.0. The zero-order valence-corrected chi connectivity index (χ0v) is 19.6. The lowest BCUT2D eigenvalue weighted by Crippen LogP contribution is -2.47. The first kappa shape index (κ1) is 22.0. The van der Waals surface area contributed by atoms with Gasteiger partial charge >= 0.3 is 0 Å². The minimum absolute atomic E-state index is 0.187. The minimum atomic E-state index is -0.187. The first-order valence-electron chi connectivity index (χ1n) is 10.9. The molecule has 0 bridgehead atoms. The van der Waals surface area contributed by atoms with Gasteiger partial charge < -0.3 is 14.3 Å². The van der Waals surface area contributed by atoms with E-state index in [-0.39, 0.29) is 12.1 Å². The molecule has 0 saturated carbocycles. The van der Waals surface area contributed by atoms with Crippen LogP contribution in [0.5, 0.6) is 0 Å². The van der Waals surface area contributed by atoms with Crippen LogP contribution in [0.15, 0.2) is 52.4 Å². The highest BCUT2D eigenvalue weighted by Gasteiger charge is 2.21. The van der Waals surface area contributed by atoms with E-state index in [1.165, 1.54) is 4.68 Å². The third kappa shape index (κ3) is 4.36. The summed E-state index contributed by atoms with van der Waals surface area (Å²) in [7, 11) is 0. The van der Waals surface area contributed by atoms with Gasteiger partial charge in [0.15, 0.2) is 0 Å². The van der Waals surface area contributed by atoms with Crippen molar-refractivity contribution in [1.29, 1.82) is 0 Å². The molecule has 0 atom stereocenters. The van der Waals surface area contributed by atoms with E-state index in [2.05, 4.69) is 35.0 Å². The van der Waals surface area contributed by atoms with Crippen LogP contribution in [0.2, 0.25) is 5.15 Å². The van der Waals surface area contributed by atoms with Gasteiger partial charge in [0.1, 0.15) is 22.9 Å². The van der Waals surface area contributed by atoms with Crippen LogP contribution in [0.4, 0.5) is 11.4 Å². The Bertz CT molecular complexity index is 1360. The maximum absolute atomic E-state index is 12.9. The van der Waals surface area contributed by atoms with Crippen LogP contribution < -0.4 is 15.4 Å². The Labute approximate surface area is 200 Å². The molecule has 1 aliphatic rings. The highest BCUT2D eigenvalue weighted by molar-refractivity contribution is 6.29. The van der Waals surface area contributed by atoms with Crippen LogP contribution in [0.25, 0.3) is 11.3 Å². The number of halogens is 1. The van der Waals surface area contributed by atoms with Crippen molar-refractivity contribution >= 4 is 23.0 Å². The second kappa shape index (κ2) is 9.22. The van der Waals surface area contributed by atoms with Crippen LogP contribution in [0.3, 0.4) is 0 Å². The van der Waals surface area contributed by atoms with E-state index in [1.54, 1.807) is 30.9 Å². The second-order valence-corrected chi connectivity index (χ2v) is 8.50. The molecular weight excluding hydrogens is 456 g/mol. The molecule has 0 unspecified atom stereocenters. The Kier molecular flexibility index (Phi) is 5.97. The molecule has 34 heavy (non-hydrogen) atoms. The van der Waals surface area contributed by atoms with E-state index in [1.807, 2.05) is 26.1 Å². The van der Waals surface area contributed by atoms with Crippen LogP contribution in [-0.2, 0) is 6.54 Å². The summed E-state index contributed by atoms with van der Waals surface area (Å²) >= 11 is 5.90. The first-order chi connectivity index (χ1) is 16.5.